The molecule has 2 saturated carbocycles. The first-order valence-electron chi connectivity index (χ1n) is 4.56. The van der Waals surface area contributed by atoms with Crippen LogP contribution in [0.1, 0.15) is 39.5 Å². The lowest BCUT2D eigenvalue weighted by Gasteiger charge is -2.11. The highest BCUT2D eigenvalue weighted by Gasteiger charge is 2.62. The molecule has 0 aromatic carbocycles. The monoisotopic (exact) mass is 152 g/mol. The van der Waals surface area contributed by atoms with Crippen LogP contribution in [-0.4, -0.2) is 6.29 Å². The van der Waals surface area contributed by atoms with Gasteiger partial charge >= 0.3 is 0 Å². The van der Waals surface area contributed by atoms with Crippen molar-refractivity contribution in [1.82, 2.24) is 0 Å². The largest absolute Gasteiger partial charge is 0.303 e. The standard InChI is InChI=1S/C10H16O/c1-9(2)6-10(9,7-11)5-8-3-4-8/h7-8H,3-6H2,1-2H3. The summed E-state index contributed by atoms with van der Waals surface area (Å²) in [5.74, 6) is 0.891. The van der Waals surface area contributed by atoms with Gasteiger partial charge in [-0.2, -0.15) is 0 Å². The maximum absolute atomic E-state index is 10.9. The predicted molar refractivity (Wildman–Crippen MR) is 44.2 cm³/mol. The van der Waals surface area contributed by atoms with Crippen LogP contribution in [0.25, 0.3) is 0 Å². The number of hydrogen-bond acceptors (Lipinski definition) is 1. The molecule has 2 aliphatic rings. The number of carbonyl (C=O) groups excluding carboxylic acids is 1. The molecule has 2 aliphatic carbocycles. The van der Waals surface area contributed by atoms with E-state index in [4.69, 9.17) is 0 Å². The minimum Gasteiger partial charge on any atom is -0.303 e. The molecular weight excluding hydrogens is 136 g/mol. The van der Waals surface area contributed by atoms with E-state index in [0.29, 0.717) is 5.41 Å². The Kier molecular flexibility index (Phi) is 1.25. The Hall–Kier alpha value is -0.330. The number of rotatable bonds is 3. The van der Waals surface area contributed by atoms with Crippen molar-refractivity contribution in [2.24, 2.45) is 16.7 Å². The van der Waals surface area contributed by atoms with Crippen LogP contribution in [0.3, 0.4) is 0 Å². The highest BCUT2D eigenvalue weighted by molar-refractivity contribution is 5.66. The van der Waals surface area contributed by atoms with E-state index in [1.165, 1.54) is 25.5 Å². The molecule has 0 saturated heterocycles. The summed E-state index contributed by atoms with van der Waals surface area (Å²) in [5, 5.41) is 0. The molecule has 1 nitrogen and oxygen atoms in total. The molecule has 1 heteroatoms. The lowest BCUT2D eigenvalue weighted by molar-refractivity contribution is -0.113. The molecule has 0 N–H and O–H groups in total. The van der Waals surface area contributed by atoms with Crippen LogP contribution in [0, 0.1) is 16.7 Å². The number of aldehydes is 1. The molecular formula is C10H16O. The molecule has 11 heavy (non-hydrogen) atoms. The number of carbonyl (C=O) groups is 1. The summed E-state index contributed by atoms with van der Waals surface area (Å²) in [5.41, 5.74) is 0.408. The quantitative estimate of drug-likeness (QED) is 0.567. The second-order valence-electron chi connectivity index (χ2n) is 4.98. The highest BCUT2D eigenvalue weighted by Crippen LogP contribution is 2.66. The fourth-order valence-electron chi connectivity index (χ4n) is 2.18. The molecule has 0 aliphatic heterocycles. The SMILES string of the molecule is CC1(C)CC1(C=O)CC1CC1. The zero-order chi connectivity index (χ0) is 8.11. The summed E-state index contributed by atoms with van der Waals surface area (Å²) in [6.07, 6.45) is 6.24. The first-order valence-corrected chi connectivity index (χ1v) is 4.56. The van der Waals surface area contributed by atoms with Gasteiger partial charge in [0.25, 0.3) is 0 Å². The zero-order valence-electron chi connectivity index (χ0n) is 7.39. The van der Waals surface area contributed by atoms with Crippen LogP contribution in [0.15, 0.2) is 0 Å². The van der Waals surface area contributed by atoms with Crippen molar-refractivity contribution < 1.29 is 4.79 Å². The second-order valence-corrected chi connectivity index (χ2v) is 4.98. The first kappa shape index (κ1) is 7.33. The van der Waals surface area contributed by atoms with Crippen molar-refractivity contribution in [3.63, 3.8) is 0 Å². The van der Waals surface area contributed by atoms with Gasteiger partial charge in [-0.05, 0) is 24.2 Å². The van der Waals surface area contributed by atoms with Crippen molar-refractivity contribution in [2.45, 2.75) is 39.5 Å². The lowest BCUT2D eigenvalue weighted by atomic mass is 9.92. The normalized spacial score (nSPS) is 40.2. The van der Waals surface area contributed by atoms with E-state index >= 15 is 0 Å². The van der Waals surface area contributed by atoms with Crippen LogP contribution in [0.5, 0.6) is 0 Å². The van der Waals surface area contributed by atoms with Gasteiger partial charge in [-0.1, -0.05) is 26.7 Å². The first-order chi connectivity index (χ1) is 5.10. The fourth-order valence-corrected chi connectivity index (χ4v) is 2.18. The van der Waals surface area contributed by atoms with Gasteiger partial charge in [-0.25, -0.2) is 0 Å². The molecule has 0 amide bonds. The van der Waals surface area contributed by atoms with Crippen LogP contribution in [0.4, 0.5) is 0 Å². The van der Waals surface area contributed by atoms with E-state index in [-0.39, 0.29) is 5.41 Å². The van der Waals surface area contributed by atoms with Crippen LogP contribution < -0.4 is 0 Å². The van der Waals surface area contributed by atoms with Gasteiger partial charge < -0.3 is 4.79 Å². The Morgan fingerprint density at radius 1 is 1.45 bits per heavy atom. The molecule has 0 radical (unpaired) electrons. The van der Waals surface area contributed by atoms with E-state index in [2.05, 4.69) is 13.8 Å². The Morgan fingerprint density at radius 3 is 2.27 bits per heavy atom. The van der Waals surface area contributed by atoms with Gasteiger partial charge in [-0.3, -0.25) is 0 Å². The van der Waals surface area contributed by atoms with Gasteiger partial charge in [0.15, 0.2) is 0 Å². The molecule has 2 rings (SSSR count). The van der Waals surface area contributed by atoms with Crippen molar-refractivity contribution in [3.05, 3.63) is 0 Å². The van der Waals surface area contributed by atoms with E-state index in [0.717, 1.165) is 12.3 Å². The molecule has 0 heterocycles. The summed E-state index contributed by atoms with van der Waals surface area (Å²) in [6.45, 7) is 4.42. The van der Waals surface area contributed by atoms with E-state index < -0.39 is 0 Å². The molecule has 0 bridgehead atoms. The molecule has 0 aromatic rings. The summed E-state index contributed by atoms with van der Waals surface area (Å²) in [6, 6.07) is 0. The third kappa shape index (κ3) is 1.02. The maximum Gasteiger partial charge on any atom is 0.126 e. The van der Waals surface area contributed by atoms with Gasteiger partial charge in [0.2, 0.25) is 0 Å². The lowest BCUT2D eigenvalue weighted by Crippen LogP contribution is -2.11. The third-order valence-electron chi connectivity index (χ3n) is 3.56. The van der Waals surface area contributed by atoms with Crippen molar-refractivity contribution in [1.29, 1.82) is 0 Å². The third-order valence-corrected chi connectivity index (χ3v) is 3.56. The smallest absolute Gasteiger partial charge is 0.126 e. The van der Waals surface area contributed by atoms with Crippen molar-refractivity contribution >= 4 is 6.29 Å². The Bertz CT molecular complexity index is 191. The van der Waals surface area contributed by atoms with Crippen molar-refractivity contribution in [2.75, 3.05) is 0 Å². The minimum atomic E-state index is 0.0914. The number of hydrogen-bond donors (Lipinski definition) is 0. The summed E-state index contributed by atoms with van der Waals surface area (Å²) < 4.78 is 0. The average Bonchev–Trinajstić information content (AvgIpc) is 2.76. The van der Waals surface area contributed by atoms with Crippen molar-refractivity contribution in [3.8, 4) is 0 Å². The molecule has 62 valence electrons. The van der Waals surface area contributed by atoms with E-state index in [1.54, 1.807) is 0 Å². The highest BCUT2D eigenvalue weighted by atomic mass is 16.1. The Labute approximate surface area is 68.2 Å². The Balaban J connectivity index is 2.02. The van der Waals surface area contributed by atoms with E-state index in [9.17, 15) is 4.79 Å². The molecule has 0 spiro atoms. The average molecular weight is 152 g/mol. The molecule has 0 aromatic heterocycles. The maximum atomic E-state index is 10.9. The minimum absolute atomic E-state index is 0.0914. The Morgan fingerprint density at radius 2 is 2.00 bits per heavy atom. The molecule has 2 fully saturated rings. The van der Waals surface area contributed by atoms with E-state index in [1.807, 2.05) is 0 Å². The van der Waals surface area contributed by atoms with Gasteiger partial charge in [0.1, 0.15) is 6.29 Å². The second kappa shape index (κ2) is 1.88. The van der Waals surface area contributed by atoms with Crippen LogP contribution in [-0.2, 0) is 4.79 Å². The zero-order valence-corrected chi connectivity index (χ0v) is 7.39. The van der Waals surface area contributed by atoms with Gasteiger partial charge in [0, 0.05) is 5.41 Å². The van der Waals surface area contributed by atoms with Crippen LogP contribution in [0.2, 0.25) is 0 Å². The van der Waals surface area contributed by atoms with Gasteiger partial charge in [0.05, 0.1) is 0 Å². The molecule has 1 atom stereocenters. The summed E-state index contributed by atoms with van der Waals surface area (Å²) >= 11 is 0. The summed E-state index contributed by atoms with van der Waals surface area (Å²) in [7, 11) is 0. The molecule has 1 unspecified atom stereocenters. The topological polar surface area (TPSA) is 17.1 Å². The predicted octanol–water partition coefficient (Wildman–Crippen LogP) is 2.40. The van der Waals surface area contributed by atoms with Crippen LogP contribution >= 0.6 is 0 Å². The van der Waals surface area contributed by atoms with Gasteiger partial charge in [-0.15, -0.1) is 0 Å². The fraction of sp³-hybridized carbons (Fsp3) is 0.900. The summed E-state index contributed by atoms with van der Waals surface area (Å²) in [4.78, 5) is 10.9.